The molecule has 2 unspecified atom stereocenters. The maximum Gasteiger partial charge on any atom is 0.236 e. The minimum absolute atomic E-state index is 0.0680. The van der Waals surface area contributed by atoms with Crippen LogP contribution in [0.15, 0.2) is 103 Å². The summed E-state index contributed by atoms with van der Waals surface area (Å²) < 4.78 is 23.3. The van der Waals surface area contributed by atoms with E-state index in [2.05, 4.69) is 12.1 Å². The molecule has 234 valence electrons. The molecule has 2 aliphatic heterocycles. The number of aryl methyl sites for hydroxylation is 1. The highest BCUT2D eigenvalue weighted by atomic mass is 31.2. The van der Waals surface area contributed by atoms with Crippen molar-refractivity contribution in [2.45, 2.75) is 45.5 Å². The molecule has 0 spiro atoms. The van der Waals surface area contributed by atoms with E-state index < -0.39 is 13.5 Å². The molecule has 44 heavy (non-hydrogen) atoms. The number of nitrogens with zero attached hydrogens (tertiary/aromatic N) is 1. The van der Waals surface area contributed by atoms with Crippen LogP contribution in [0.1, 0.15) is 35.6 Å². The van der Waals surface area contributed by atoms with Gasteiger partial charge in [-0.15, -0.1) is 5.06 Å². The molecule has 8 nitrogen and oxygen atoms in total. The van der Waals surface area contributed by atoms with E-state index in [9.17, 15) is 19.7 Å². The number of benzene rings is 4. The van der Waals surface area contributed by atoms with Crippen LogP contribution >= 0.6 is 7.37 Å². The van der Waals surface area contributed by atoms with E-state index in [1.807, 2.05) is 72.8 Å². The molecule has 4 aromatic rings. The Morgan fingerprint density at radius 2 is 1.57 bits per heavy atom. The predicted octanol–water partition coefficient (Wildman–Crippen LogP) is 6.22. The first-order valence-corrected chi connectivity index (χ1v) is 16.9. The molecule has 2 bridgehead atoms. The van der Waals surface area contributed by atoms with Gasteiger partial charge in [-0.25, -0.2) is 0 Å². The SMILES string of the molecule is CC(O)CN(CCc1ccc(OCP(=O)(O)CCCc2ccccc2)cc1)Oc1cccc(CO)c1.c1cc2ccc1CO2. The third kappa shape index (κ3) is 11.8. The summed E-state index contributed by atoms with van der Waals surface area (Å²) in [6, 6.07) is 32.7. The molecule has 0 fully saturated rings. The predicted molar refractivity (Wildman–Crippen MR) is 172 cm³/mol. The van der Waals surface area contributed by atoms with Crippen LogP contribution in [0.2, 0.25) is 0 Å². The topological polar surface area (TPSA) is 109 Å². The van der Waals surface area contributed by atoms with Gasteiger partial charge in [0.25, 0.3) is 0 Å². The lowest BCUT2D eigenvalue weighted by molar-refractivity contribution is -0.0806. The summed E-state index contributed by atoms with van der Waals surface area (Å²) in [6.07, 6.45) is 1.52. The van der Waals surface area contributed by atoms with E-state index in [1.54, 1.807) is 30.2 Å². The lowest BCUT2D eigenvalue weighted by Crippen LogP contribution is -2.35. The van der Waals surface area contributed by atoms with Crippen molar-refractivity contribution < 1.29 is 34.0 Å². The number of ether oxygens (including phenoxy) is 2. The molecular weight excluding hydrogens is 577 g/mol. The number of hydrogen-bond donors (Lipinski definition) is 3. The van der Waals surface area contributed by atoms with Gasteiger partial charge in [-0.05, 0) is 84.8 Å². The van der Waals surface area contributed by atoms with Crippen LogP contribution < -0.4 is 14.3 Å². The maximum absolute atomic E-state index is 12.5. The summed E-state index contributed by atoms with van der Waals surface area (Å²) in [5.41, 5.74) is 4.22. The van der Waals surface area contributed by atoms with E-state index >= 15 is 0 Å². The molecule has 0 aromatic heterocycles. The number of hydroxylamine groups is 2. The number of rotatable bonds is 15. The smallest absolute Gasteiger partial charge is 0.236 e. The molecule has 3 N–H and O–H groups in total. The normalized spacial score (nSPS) is 13.8. The highest BCUT2D eigenvalue weighted by Gasteiger charge is 2.19. The molecule has 9 heteroatoms. The Kier molecular flexibility index (Phi) is 12.8. The Labute approximate surface area is 259 Å². The van der Waals surface area contributed by atoms with Crippen molar-refractivity contribution in [2.24, 2.45) is 0 Å². The average molecular weight is 620 g/mol. The van der Waals surface area contributed by atoms with Crippen LogP contribution in [-0.4, -0.2) is 51.9 Å². The molecule has 0 aliphatic carbocycles. The Hall–Kier alpha value is -3.65. The molecule has 2 heterocycles. The van der Waals surface area contributed by atoms with Gasteiger partial charge >= 0.3 is 0 Å². The summed E-state index contributed by atoms with van der Waals surface area (Å²) >= 11 is 0. The van der Waals surface area contributed by atoms with Gasteiger partial charge in [0.15, 0.2) is 6.35 Å². The van der Waals surface area contributed by atoms with Gasteiger partial charge < -0.3 is 29.4 Å². The zero-order valence-corrected chi connectivity index (χ0v) is 26.0. The van der Waals surface area contributed by atoms with Crippen LogP contribution in [-0.2, 0) is 30.6 Å². The fraction of sp³-hybridized carbons (Fsp3) is 0.314. The van der Waals surface area contributed by atoms with Crippen LogP contribution in [0, 0.1) is 0 Å². The molecule has 0 radical (unpaired) electrons. The van der Waals surface area contributed by atoms with Crippen molar-refractivity contribution in [1.29, 1.82) is 0 Å². The van der Waals surface area contributed by atoms with Crippen molar-refractivity contribution in [3.05, 3.63) is 125 Å². The van der Waals surface area contributed by atoms with Crippen molar-refractivity contribution in [3.63, 3.8) is 0 Å². The Bertz CT molecular complexity index is 1420. The lowest BCUT2D eigenvalue weighted by atomic mass is 10.1. The second kappa shape index (κ2) is 17.0. The van der Waals surface area contributed by atoms with Gasteiger partial charge in [0, 0.05) is 12.7 Å². The van der Waals surface area contributed by atoms with Crippen LogP contribution in [0.25, 0.3) is 0 Å². The standard InChI is InChI=1S/C28H36NO6P.C7H6O/c1-23(31)20-29(35-28-11-5-9-26(19-28)21-30)17-16-25-12-14-27(15-13-25)34-22-36(32,33)18-6-10-24-7-3-2-4-8-24;1-3-7-4-2-6(1)5-8-7/h2-5,7-9,11-15,19,23,30-31H,6,10,16-18,20-22H2,1H3,(H,32,33);1-4H,5H2. The van der Waals surface area contributed by atoms with Crippen LogP contribution in [0.4, 0.5) is 0 Å². The van der Waals surface area contributed by atoms with Gasteiger partial charge in [-0.2, -0.15) is 0 Å². The second-order valence-electron chi connectivity index (χ2n) is 10.9. The monoisotopic (exact) mass is 619 g/mol. The first-order valence-electron chi connectivity index (χ1n) is 14.9. The zero-order chi connectivity index (χ0) is 31.2. The van der Waals surface area contributed by atoms with E-state index in [0.29, 0.717) is 37.4 Å². The van der Waals surface area contributed by atoms with Crippen molar-refractivity contribution >= 4 is 7.37 Å². The third-order valence-corrected chi connectivity index (χ3v) is 8.48. The number of aliphatic hydroxyl groups is 2. The number of aliphatic hydroxyl groups excluding tert-OH is 2. The average Bonchev–Trinajstić information content (AvgIpc) is 3.05. The number of fused-ring (bicyclic) bond motifs is 3. The minimum Gasteiger partial charge on any atom is -0.489 e. The summed E-state index contributed by atoms with van der Waals surface area (Å²) in [5, 5.41) is 20.9. The summed E-state index contributed by atoms with van der Waals surface area (Å²) in [4.78, 5) is 16.2. The fourth-order valence-corrected chi connectivity index (χ4v) is 5.72. The molecular formula is C35H42NO7P. The third-order valence-electron chi connectivity index (χ3n) is 6.93. The first-order chi connectivity index (χ1) is 21.3. The fourth-order valence-electron chi connectivity index (χ4n) is 4.59. The lowest BCUT2D eigenvalue weighted by Gasteiger charge is -2.24. The van der Waals surface area contributed by atoms with Gasteiger partial charge in [-0.1, -0.05) is 66.7 Å². The van der Waals surface area contributed by atoms with Crippen LogP contribution in [0.5, 0.6) is 17.2 Å². The van der Waals surface area contributed by atoms with E-state index in [-0.39, 0.29) is 19.1 Å². The van der Waals surface area contributed by atoms with Crippen LogP contribution in [0.3, 0.4) is 0 Å². The highest BCUT2D eigenvalue weighted by Crippen LogP contribution is 2.41. The van der Waals surface area contributed by atoms with E-state index in [1.165, 1.54) is 5.56 Å². The van der Waals surface area contributed by atoms with Crippen molar-refractivity contribution in [1.82, 2.24) is 5.06 Å². The summed E-state index contributed by atoms with van der Waals surface area (Å²) in [7, 11) is -3.37. The quantitative estimate of drug-likeness (QED) is 0.106. The Morgan fingerprint density at radius 1 is 0.864 bits per heavy atom. The van der Waals surface area contributed by atoms with Gasteiger partial charge in [0.1, 0.15) is 23.9 Å². The highest BCUT2D eigenvalue weighted by molar-refractivity contribution is 7.57. The molecule has 0 saturated heterocycles. The van der Waals surface area contributed by atoms with E-state index in [0.717, 1.165) is 35.5 Å². The minimum atomic E-state index is -3.37. The van der Waals surface area contributed by atoms with Gasteiger partial charge in [-0.3, -0.25) is 4.57 Å². The summed E-state index contributed by atoms with van der Waals surface area (Å²) in [5.74, 6) is 2.14. The second-order valence-corrected chi connectivity index (χ2v) is 13.3. The Balaban J connectivity index is 0.000000470. The molecule has 0 amide bonds. The molecule has 6 rings (SSSR count). The van der Waals surface area contributed by atoms with Crippen molar-refractivity contribution in [2.75, 3.05) is 25.6 Å². The molecule has 2 atom stereocenters. The van der Waals surface area contributed by atoms with E-state index in [4.69, 9.17) is 14.3 Å². The maximum atomic E-state index is 12.5. The van der Waals surface area contributed by atoms with Crippen molar-refractivity contribution in [3.8, 4) is 17.2 Å². The first kappa shape index (κ1) is 33.2. The number of hydrogen-bond acceptors (Lipinski definition) is 7. The Morgan fingerprint density at radius 3 is 2.16 bits per heavy atom. The molecule has 4 aromatic carbocycles. The molecule has 2 aliphatic rings. The largest absolute Gasteiger partial charge is 0.489 e. The summed E-state index contributed by atoms with van der Waals surface area (Å²) in [6.45, 7) is 3.28. The zero-order valence-electron chi connectivity index (χ0n) is 25.1. The van der Waals surface area contributed by atoms with Gasteiger partial charge in [0.05, 0.1) is 19.3 Å². The molecule has 0 saturated carbocycles. The van der Waals surface area contributed by atoms with Gasteiger partial charge in [0.2, 0.25) is 7.37 Å².